The summed E-state index contributed by atoms with van der Waals surface area (Å²) in [5.74, 6) is 0.271. The summed E-state index contributed by atoms with van der Waals surface area (Å²) in [7, 11) is 0. The highest BCUT2D eigenvalue weighted by molar-refractivity contribution is 9.10. The molecule has 4 aromatic rings. The second-order valence-corrected chi connectivity index (χ2v) is 7.42. The first kappa shape index (κ1) is 19.1. The summed E-state index contributed by atoms with van der Waals surface area (Å²) in [6.45, 7) is 1.84. The number of hydrogen-bond acceptors (Lipinski definition) is 4. The van der Waals surface area contributed by atoms with Gasteiger partial charge >= 0.3 is 0 Å². The molecule has 1 amide bonds. The molecule has 6 heteroatoms. The maximum absolute atomic E-state index is 11.6. The molecule has 0 saturated heterocycles. The van der Waals surface area contributed by atoms with E-state index >= 15 is 0 Å². The number of ether oxygens (including phenoxy) is 1. The summed E-state index contributed by atoms with van der Waals surface area (Å²) in [6.07, 6.45) is 0. The lowest BCUT2D eigenvalue weighted by molar-refractivity contribution is -0.114. The van der Waals surface area contributed by atoms with E-state index in [2.05, 4.69) is 21.2 Å². The van der Waals surface area contributed by atoms with E-state index in [-0.39, 0.29) is 5.91 Å². The maximum atomic E-state index is 11.6. The summed E-state index contributed by atoms with van der Waals surface area (Å²) in [5, 5.41) is 2.86. The average Bonchev–Trinajstić information content (AvgIpc) is 2.73. The Balaban J connectivity index is 1.78. The number of aromatic nitrogens is 2. The summed E-state index contributed by atoms with van der Waals surface area (Å²) in [5.41, 5.74) is 4.54. The molecule has 3 aromatic carbocycles. The molecule has 0 radical (unpaired) electrons. The van der Waals surface area contributed by atoms with Gasteiger partial charge in [-0.2, -0.15) is 0 Å². The number of nitrogens with zero attached hydrogens (tertiary/aromatic N) is 2. The molecule has 0 unspecified atom stereocenters. The predicted molar refractivity (Wildman–Crippen MR) is 118 cm³/mol. The van der Waals surface area contributed by atoms with Crippen molar-refractivity contribution in [3.8, 4) is 17.1 Å². The third-order valence-corrected chi connectivity index (χ3v) is 4.85. The van der Waals surface area contributed by atoms with Gasteiger partial charge in [-0.1, -0.05) is 58.4 Å². The lowest BCUT2D eigenvalue weighted by Crippen LogP contribution is -2.08. The van der Waals surface area contributed by atoms with Gasteiger partial charge in [0, 0.05) is 17.0 Å². The molecule has 1 heterocycles. The van der Waals surface area contributed by atoms with Gasteiger partial charge in [0.2, 0.25) is 11.8 Å². The number of fused-ring (bicyclic) bond motifs is 1. The first-order valence-corrected chi connectivity index (χ1v) is 9.90. The van der Waals surface area contributed by atoms with Crippen LogP contribution in [0.4, 0.5) is 5.69 Å². The third kappa shape index (κ3) is 4.43. The number of para-hydroxylation sites is 3. The number of carbonyl (C=O) groups excluding carboxylic acids is 1. The standard InChI is InChI=1S/C23H18BrN3O2/c1-15(28)25-19-7-3-2-6-18(19)22-23(27-21-9-5-4-8-20(21)26-22)29-14-16-10-12-17(24)13-11-16/h2-13H,14H2,1H3,(H,25,28). The zero-order chi connectivity index (χ0) is 20.2. The van der Waals surface area contributed by atoms with Gasteiger partial charge in [0.15, 0.2) is 0 Å². The van der Waals surface area contributed by atoms with E-state index in [1.807, 2.05) is 72.8 Å². The molecule has 0 aliphatic rings. The van der Waals surface area contributed by atoms with Crippen LogP contribution in [0.3, 0.4) is 0 Å². The van der Waals surface area contributed by atoms with Crippen molar-refractivity contribution in [1.82, 2.24) is 9.97 Å². The molecule has 0 saturated carbocycles. The molecule has 1 aromatic heterocycles. The number of halogens is 1. The molecule has 0 bridgehead atoms. The Hall–Kier alpha value is -3.25. The van der Waals surface area contributed by atoms with Crippen LogP contribution in [0.2, 0.25) is 0 Å². The van der Waals surface area contributed by atoms with Gasteiger partial charge in [0.1, 0.15) is 12.3 Å². The highest BCUT2D eigenvalue weighted by Gasteiger charge is 2.16. The van der Waals surface area contributed by atoms with Crippen LogP contribution < -0.4 is 10.1 Å². The fraction of sp³-hybridized carbons (Fsp3) is 0.0870. The van der Waals surface area contributed by atoms with Crippen LogP contribution >= 0.6 is 15.9 Å². The number of nitrogens with one attached hydrogen (secondary N) is 1. The van der Waals surface area contributed by atoms with Gasteiger partial charge in [-0.25, -0.2) is 9.97 Å². The second-order valence-electron chi connectivity index (χ2n) is 6.51. The highest BCUT2D eigenvalue weighted by Crippen LogP contribution is 2.34. The first-order chi connectivity index (χ1) is 14.1. The fourth-order valence-electron chi connectivity index (χ4n) is 2.98. The summed E-state index contributed by atoms with van der Waals surface area (Å²) < 4.78 is 7.09. The summed E-state index contributed by atoms with van der Waals surface area (Å²) >= 11 is 3.44. The van der Waals surface area contributed by atoms with Gasteiger partial charge < -0.3 is 10.1 Å². The number of hydrogen-bond donors (Lipinski definition) is 1. The van der Waals surface area contributed by atoms with E-state index in [1.54, 1.807) is 0 Å². The molecule has 1 N–H and O–H groups in total. The van der Waals surface area contributed by atoms with E-state index in [9.17, 15) is 4.79 Å². The zero-order valence-corrected chi connectivity index (χ0v) is 17.3. The van der Waals surface area contributed by atoms with Crippen molar-refractivity contribution in [2.24, 2.45) is 0 Å². The van der Waals surface area contributed by atoms with Crippen LogP contribution in [-0.2, 0) is 11.4 Å². The minimum Gasteiger partial charge on any atom is -0.471 e. The molecular formula is C23H18BrN3O2. The van der Waals surface area contributed by atoms with Gasteiger partial charge in [0.05, 0.1) is 16.7 Å². The van der Waals surface area contributed by atoms with E-state index in [0.717, 1.165) is 26.6 Å². The van der Waals surface area contributed by atoms with E-state index in [4.69, 9.17) is 14.7 Å². The zero-order valence-electron chi connectivity index (χ0n) is 15.7. The average molecular weight is 448 g/mol. The SMILES string of the molecule is CC(=O)Nc1ccccc1-c1nc2ccccc2nc1OCc1ccc(Br)cc1. The predicted octanol–water partition coefficient (Wildman–Crippen LogP) is 5.60. The van der Waals surface area contributed by atoms with Crippen molar-refractivity contribution >= 4 is 38.6 Å². The molecule has 0 spiro atoms. The molecule has 5 nitrogen and oxygen atoms in total. The number of rotatable bonds is 5. The largest absolute Gasteiger partial charge is 0.471 e. The minimum atomic E-state index is -0.150. The van der Waals surface area contributed by atoms with Crippen molar-refractivity contribution in [3.05, 3.63) is 82.8 Å². The van der Waals surface area contributed by atoms with Gasteiger partial charge in [-0.05, 0) is 35.9 Å². The Morgan fingerprint density at radius 1 is 0.931 bits per heavy atom. The molecule has 29 heavy (non-hydrogen) atoms. The number of carbonyl (C=O) groups is 1. The van der Waals surface area contributed by atoms with Crippen molar-refractivity contribution in [3.63, 3.8) is 0 Å². The first-order valence-electron chi connectivity index (χ1n) is 9.11. The van der Waals surface area contributed by atoms with Crippen LogP contribution in [0, 0.1) is 0 Å². The quantitative estimate of drug-likeness (QED) is 0.432. The molecule has 144 valence electrons. The fourth-order valence-corrected chi connectivity index (χ4v) is 3.24. The molecule has 0 aliphatic heterocycles. The second kappa shape index (κ2) is 8.41. The smallest absolute Gasteiger partial charge is 0.241 e. The van der Waals surface area contributed by atoms with Crippen LogP contribution in [-0.4, -0.2) is 15.9 Å². The van der Waals surface area contributed by atoms with Gasteiger partial charge in [-0.15, -0.1) is 0 Å². The van der Waals surface area contributed by atoms with E-state index < -0.39 is 0 Å². The van der Waals surface area contributed by atoms with Crippen molar-refractivity contribution < 1.29 is 9.53 Å². The Labute approximate surface area is 176 Å². The number of benzene rings is 3. The Bertz CT molecular complexity index is 1180. The Kier molecular flexibility index (Phi) is 5.53. The van der Waals surface area contributed by atoms with Crippen LogP contribution in [0.15, 0.2) is 77.3 Å². The summed E-state index contributed by atoms with van der Waals surface area (Å²) in [4.78, 5) is 21.1. The molecule has 4 rings (SSSR count). The lowest BCUT2D eigenvalue weighted by atomic mass is 10.1. The van der Waals surface area contributed by atoms with Crippen molar-refractivity contribution in [2.45, 2.75) is 13.5 Å². The van der Waals surface area contributed by atoms with Crippen molar-refractivity contribution in [2.75, 3.05) is 5.32 Å². The monoisotopic (exact) mass is 447 g/mol. The minimum absolute atomic E-state index is 0.150. The van der Waals surface area contributed by atoms with Crippen LogP contribution in [0.1, 0.15) is 12.5 Å². The normalized spacial score (nSPS) is 10.7. The van der Waals surface area contributed by atoms with Crippen LogP contribution in [0.5, 0.6) is 5.88 Å². The molecule has 0 atom stereocenters. The van der Waals surface area contributed by atoms with E-state index in [1.165, 1.54) is 6.92 Å². The highest BCUT2D eigenvalue weighted by atomic mass is 79.9. The van der Waals surface area contributed by atoms with Crippen LogP contribution in [0.25, 0.3) is 22.3 Å². The Morgan fingerprint density at radius 3 is 2.31 bits per heavy atom. The van der Waals surface area contributed by atoms with E-state index in [0.29, 0.717) is 23.9 Å². The van der Waals surface area contributed by atoms with Gasteiger partial charge in [-0.3, -0.25) is 4.79 Å². The molecule has 0 fully saturated rings. The van der Waals surface area contributed by atoms with Gasteiger partial charge in [0.25, 0.3) is 0 Å². The molecule has 0 aliphatic carbocycles. The Morgan fingerprint density at radius 2 is 1.59 bits per heavy atom. The maximum Gasteiger partial charge on any atom is 0.241 e. The van der Waals surface area contributed by atoms with Crippen molar-refractivity contribution in [1.29, 1.82) is 0 Å². The summed E-state index contributed by atoms with van der Waals surface area (Å²) in [6, 6.07) is 23.1. The topological polar surface area (TPSA) is 64.1 Å². The number of anilines is 1. The number of amides is 1. The third-order valence-electron chi connectivity index (χ3n) is 4.32. The molecular weight excluding hydrogens is 430 g/mol. The lowest BCUT2D eigenvalue weighted by Gasteiger charge is -2.14.